The normalized spacial score (nSPS) is 11.6. The molecule has 0 unspecified atom stereocenters. The molecule has 0 bridgehead atoms. The number of rotatable bonds is 5. The molecule has 0 aliphatic rings. The van der Waals surface area contributed by atoms with Crippen LogP contribution in [0.2, 0.25) is 0 Å². The highest BCUT2D eigenvalue weighted by Crippen LogP contribution is 2.21. The third-order valence-corrected chi connectivity index (χ3v) is 4.08. The van der Waals surface area contributed by atoms with Crippen molar-refractivity contribution in [3.63, 3.8) is 0 Å². The minimum absolute atomic E-state index is 0.0467. The Balaban J connectivity index is 2.28. The summed E-state index contributed by atoms with van der Waals surface area (Å²) in [6, 6.07) is 4.16. The summed E-state index contributed by atoms with van der Waals surface area (Å²) in [5.74, 6) is -0.485. The molecular weight excluding hydrogens is 285 g/mol. The predicted octanol–water partition coefficient (Wildman–Crippen LogP) is 1.12. The smallest absolute Gasteiger partial charge is 0.265 e. The van der Waals surface area contributed by atoms with Crippen LogP contribution in [0.15, 0.2) is 35.5 Å². The van der Waals surface area contributed by atoms with Crippen LogP contribution in [0.3, 0.4) is 0 Å². The van der Waals surface area contributed by atoms with E-state index < -0.39 is 15.8 Å². The number of aliphatic hydroxyl groups excluding tert-OH is 1. The average Bonchev–Trinajstić information content (AvgIpc) is 2.85. The first kappa shape index (κ1) is 14.5. The molecule has 0 amide bonds. The molecule has 1 aromatic heterocycles. The molecule has 6 nitrogen and oxygen atoms in total. The highest BCUT2D eigenvalue weighted by Gasteiger charge is 2.18. The Bertz CT molecular complexity index is 712. The molecule has 108 valence electrons. The van der Waals surface area contributed by atoms with Gasteiger partial charge in [-0.3, -0.25) is 9.40 Å². The zero-order valence-corrected chi connectivity index (χ0v) is 11.6. The van der Waals surface area contributed by atoms with Gasteiger partial charge < -0.3 is 5.11 Å². The monoisotopic (exact) mass is 299 g/mol. The number of anilines is 1. The summed E-state index contributed by atoms with van der Waals surface area (Å²) in [4.78, 5) is -0.0467. The van der Waals surface area contributed by atoms with Gasteiger partial charge in [0.15, 0.2) is 0 Å². The lowest BCUT2D eigenvalue weighted by Crippen LogP contribution is -2.13. The van der Waals surface area contributed by atoms with Crippen molar-refractivity contribution in [2.24, 2.45) is 0 Å². The van der Waals surface area contributed by atoms with E-state index in [4.69, 9.17) is 5.11 Å². The lowest BCUT2D eigenvalue weighted by molar-refractivity contribution is 0.269. The van der Waals surface area contributed by atoms with Crippen molar-refractivity contribution in [3.05, 3.63) is 42.0 Å². The number of hydrogen-bond acceptors (Lipinski definition) is 4. The van der Waals surface area contributed by atoms with Gasteiger partial charge in [0.05, 0.1) is 25.0 Å². The topological polar surface area (TPSA) is 84.2 Å². The van der Waals surface area contributed by atoms with E-state index in [1.807, 2.05) is 0 Å². The van der Waals surface area contributed by atoms with E-state index in [1.54, 1.807) is 0 Å². The first-order valence-corrected chi connectivity index (χ1v) is 7.33. The van der Waals surface area contributed by atoms with Gasteiger partial charge in [0.25, 0.3) is 10.0 Å². The van der Waals surface area contributed by atoms with Gasteiger partial charge in [-0.2, -0.15) is 5.10 Å². The molecule has 1 heterocycles. The van der Waals surface area contributed by atoms with Crippen LogP contribution >= 0.6 is 0 Å². The third kappa shape index (κ3) is 2.97. The maximum Gasteiger partial charge on any atom is 0.265 e. The number of sulfonamides is 1. The predicted molar refractivity (Wildman–Crippen MR) is 71.3 cm³/mol. The molecule has 0 spiro atoms. The van der Waals surface area contributed by atoms with Crippen molar-refractivity contribution in [1.29, 1.82) is 0 Å². The zero-order valence-electron chi connectivity index (χ0n) is 10.7. The summed E-state index contributed by atoms with van der Waals surface area (Å²) in [5.41, 5.74) is 0.402. The Labute approximate surface area is 115 Å². The van der Waals surface area contributed by atoms with Crippen LogP contribution in [0.25, 0.3) is 0 Å². The largest absolute Gasteiger partial charge is 0.394 e. The summed E-state index contributed by atoms with van der Waals surface area (Å²) in [6.45, 7) is 1.55. The van der Waals surface area contributed by atoms with E-state index >= 15 is 0 Å². The number of aliphatic hydroxyl groups is 1. The fourth-order valence-electron chi connectivity index (χ4n) is 1.63. The number of nitrogens with one attached hydrogen (secondary N) is 1. The number of aromatic nitrogens is 2. The van der Waals surface area contributed by atoms with E-state index in [-0.39, 0.29) is 29.3 Å². The minimum Gasteiger partial charge on any atom is -0.394 e. The van der Waals surface area contributed by atoms with Gasteiger partial charge in [-0.1, -0.05) is 6.07 Å². The Hall–Kier alpha value is -1.93. The fourth-order valence-corrected chi connectivity index (χ4v) is 2.70. The summed E-state index contributed by atoms with van der Waals surface area (Å²) in [7, 11) is -3.83. The van der Waals surface area contributed by atoms with E-state index in [2.05, 4.69) is 9.82 Å². The van der Waals surface area contributed by atoms with Gasteiger partial charge >= 0.3 is 0 Å². The molecule has 8 heteroatoms. The molecule has 0 saturated carbocycles. The van der Waals surface area contributed by atoms with Crippen LogP contribution in [0.5, 0.6) is 0 Å². The van der Waals surface area contributed by atoms with Gasteiger partial charge in [-0.15, -0.1) is 0 Å². The van der Waals surface area contributed by atoms with Gasteiger partial charge in [0, 0.05) is 11.8 Å². The minimum atomic E-state index is -3.83. The molecule has 0 atom stereocenters. The second-order valence-corrected chi connectivity index (χ2v) is 5.86. The average molecular weight is 299 g/mol. The van der Waals surface area contributed by atoms with Crippen molar-refractivity contribution < 1.29 is 17.9 Å². The van der Waals surface area contributed by atoms with Crippen molar-refractivity contribution in [2.45, 2.75) is 18.4 Å². The molecule has 0 saturated heterocycles. The summed E-state index contributed by atoms with van der Waals surface area (Å²) >= 11 is 0. The zero-order chi connectivity index (χ0) is 14.8. The summed E-state index contributed by atoms with van der Waals surface area (Å²) in [5, 5.41) is 12.6. The van der Waals surface area contributed by atoms with E-state index in [0.717, 1.165) is 0 Å². The molecule has 0 aliphatic carbocycles. The van der Waals surface area contributed by atoms with E-state index in [1.165, 1.54) is 42.2 Å². The van der Waals surface area contributed by atoms with Crippen LogP contribution in [-0.2, 0) is 16.6 Å². The van der Waals surface area contributed by atoms with Gasteiger partial charge in [0.2, 0.25) is 0 Å². The van der Waals surface area contributed by atoms with Gasteiger partial charge in [0.1, 0.15) is 10.7 Å². The Morgan fingerprint density at radius 2 is 2.20 bits per heavy atom. The lowest BCUT2D eigenvalue weighted by Gasteiger charge is -2.09. The number of benzene rings is 1. The molecule has 0 fully saturated rings. The number of halogens is 1. The van der Waals surface area contributed by atoms with Crippen LogP contribution in [0.1, 0.15) is 5.56 Å². The van der Waals surface area contributed by atoms with Gasteiger partial charge in [-0.05, 0) is 19.1 Å². The molecular formula is C12H14FN3O3S. The maximum atomic E-state index is 13.4. The van der Waals surface area contributed by atoms with Gasteiger partial charge in [-0.25, -0.2) is 12.8 Å². The third-order valence-electron chi connectivity index (χ3n) is 2.76. The van der Waals surface area contributed by atoms with Crippen LogP contribution in [0, 0.1) is 12.7 Å². The molecule has 2 rings (SSSR count). The molecule has 20 heavy (non-hydrogen) atoms. The highest BCUT2D eigenvalue weighted by atomic mass is 32.2. The molecule has 2 aromatic rings. The Morgan fingerprint density at radius 1 is 1.45 bits per heavy atom. The van der Waals surface area contributed by atoms with Crippen molar-refractivity contribution in [2.75, 3.05) is 11.3 Å². The lowest BCUT2D eigenvalue weighted by atomic mass is 10.2. The quantitative estimate of drug-likeness (QED) is 0.866. The number of hydrogen-bond donors (Lipinski definition) is 2. The fraction of sp³-hybridized carbons (Fsp3) is 0.250. The molecule has 2 N–H and O–H groups in total. The second-order valence-electron chi connectivity index (χ2n) is 4.18. The maximum absolute atomic E-state index is 13.4. The second kappa shape index (κ2) is 5.59. The highest BCUT2D eigenvalue weighted by molar-refractivity contribution is 7.92. The first-order valence-electron chi connectivity index (χ1n) is 5.85. The SMILES string of the molecule is Cc1c(F)cccc1NS(=O)(=O)c1cnn(CCO)c1. The molecule has 0 aliphatic heterocycles. The van der Waals surface area contributed by atoms with Crippen LogP contribution in [0.4, 0.5) is 10.1 Å². The molecule has 0 radical (unpaired) electrons. The van der Waals surface area contributed by atoms with Crippen LogP contribution in [-0.4, -0.2) is 29.9 Å². The van der Waals surface area contributed by atoms with Crippen molar-refractivity contribution >= 4 is 15.7 Å². The Morgan fingerprint density at radius 3 is 2.90 bits per heavy atom. The van der Waals surface area contributed by atoms with E-state index in [9.17, 15) is 12.8 Å². The summed E-state index contributed by atoms with van der Waals surface area (Å²) in [6.07, 6.45) is 2.47. The first-order chi connectivity index (χ1) is 9.44. The van der Waals surface area contributed by atoms with Crippen molar-refractivity contribution in [3.8, 4) is 0 Å². The van der Waals surface area contributed by atoms with Crippen LogP contribution < -0.4 is 4.72 Å². The number of nitrogens with zero attached hydrogens (tertiary/aromatic N) is 2. The molecule has 1 aromatic carbocycles. The summed E-state index contributed by atoms with van der Waals surface area (Å²) < 4.78 is 41.3. The van der Waals surface area contributed by atoms with E-state index in [0.29, 0.717) is 0 Å². The standard InChI is InChI=1S/C12H14FN3O3S/c1-9-11(13)3-2-4-12(9)15-20(18,19)10-7-14-16(8-10)5-6-17/h2-4,7-8,15,17H,5-6H2,1H3. The Kier molecular flexibility index (Phi) is 4.05. The van der Waals surface area contributed by atoms with Crippen molar-refractivity contribution in [1.82, 2.24) is 9.78 Å².